The first-order valence-electron chi connectivity index (χ1n) is 9.76. The second kappa shape index (κ2) is 6.02. The fourth-order valence-electron chi connectivity index (χ4n) is 4.29. The Labute approximate surface area is 162 Å². The van der Waals surface area contributed by atoms with E-state index < -0.39 is 11.4 Å². The van der Waals surface area contributed by atoms with E-state index in [0.29, 0.717) is 19.0 Å². The lowest BCUT2D eigenvalue weighted by molar-refractivity contribution is 0.0694. The number of aromatic carboxylic acids is 1. The van der Waals surface area contributed by atoms with Crippen LogP contribution in [-0.2, 0) is 6.54 Å². The van der Waals surface area contributed by atoms with Gasteiger partial charge in [0.2, 0.25) is 0 Å². The second-order valence-electron chi connectivity index (χ2n) is 8.18. The number of allylic oxidation sites excluding steroid dienone is 1. The Hall–Kier alpha value is -2.96. The third-order valence-electron chi connectivity index (χ3n) is 5.92. The second-order valence-corrected chi connectivity index (χ2v) is 8.18. The quantitative estimate of drug-likeness (QED) is 0.886. The van der Waals surface area contributed by atoms with Crippen molar-refractivity contribution < 1.29 is 9.90 Å². The first-order chi connectivity index (χ1) is 13.5. The fourth-order valence-corrected chi connectivity index (χ4v) is 4.29. The van der Waals surface area contributed by atoms with Crippen molar-refractivity contribution in [2.24, 2.45) is 10.9 Å². The highest BCUT2D eigenvalue weighted by Gasteiger charge is 2.37. The van der Waals surface area contributed by atoms with Crippen LogP contribution in [0.2, 0.25) is 0 Å². The number of carboxylic acids is 1. The predicted octanol–water partition coefficient (Wildman–Crippen LogP) is 2.97. The highest BCUT2D eigenvalue weighted by molar-refractivity contribution is 6.14. The number of pyridine rings is 1. The van der Waals surface area contributed by atoms with Crippen LogP contribution in [0.1, 0.15) is 60.3 Å². The molecule has 7 heteroatoms. The number of fused-ring (bicyclic) bond motifs is 3. The minimum absolute atomic E-state index is 0.0345. The third kappa shape index (κ3) is 2.49. The van der Waals surface area contributed by atoms with Gasteiger partial charge in [0.25, 0.3) is 0 Å². The summed E-state index contributed by atoms with van der Waals surface area (Å²) < 4.78 is 4.00. The SMILES string of the molecule is CC(C)[C@@H]1Cn2nc(C3CC3)c(C3=CCN=C3)c2-c2cc(=O)c(C(=O)O)cn21. The van der Waals surface area contributed by atoms with E-state index in [2.05, 4.69) is 24.9 Å². The van der Waals surface area contributed by atoms with Gasteiger partial charge in [-0.05, 0) is 18.8 Å². The standard InChI is InChI=1S/C21H22N4O3/c1-11(2)16-10-25-20(15-7-17(26)14(21(27)28)9-24(15)16)18(13-5-6-22-8-13)19(23-25)12-3-4-12/h5,7-9,11-12,16H,3-4,6,10H2,1-2H3,(H,27,28)/t16-/m0/s1. The summed E-state index contributed by atoms with van der Waals surface area (Å²) in [6, 6.07) is 1.51. The number of nitrogens with zero attached hydrogens (tertiary/aromatic N) is 4. The Morgan fingerprint density at radius 1 is 1.32 bits per heavy atom. The van der Waals surface area contributed by atoms with Crippen molar-refractivity contribution in [2.75, 3.05) is 6.54 Å². The Kier molecular flexibility index (Phi) is 3.69. The van der Waals surface area contributed by atoms with Gasteiger partial charge in [0.1, 0.15) is 5.56 Å². The summed E-state index contributed by atoms with van der Waals surface area (Å²) in [6.07, 6.45) is 7.75. The van der Waals surface area contributed by atoms with Crippen LogP contribution in [-0.4, -0.2) is 38.2 Å². The van der Waals surface area contributed by atoms with E-state index in [1.54, 1.807) is 0 Å². The van der Waals surface area contributed by atoms with Crippen LogP contribution >= 0.6 is 0 Å². The average Bonchev–Trinajstić information content (AvgIpc) is 3.21. The number of carbonyl (C=O) groups is 1. The first kappa shape index (κ1) is 17.2. The van der Waals surface area contributed by atoms with Gasteiger partial charge in [-0.15, -0.1) is 0 Å². The van der Waals surface area contributed by atoms with E-state index >= 15 is 0 Å². The first-order valence-corrected chi connectivity index (χ1v) is 9.76. The molecule has 0 unspecified atom stereocenters. The normalized spacial score (nSPS) is 20.2. The summed E-state index contributed by atoms with van der Waals surface area (Å²) in [5, 5.41) is 14.4. The Morgan fingerprint density at radius 2 is 2.11 bits per heavy atom. The van der Waals surface area contributed by atoms with E-state index in [1.807, 2.05) is 15.5 Å². The molecule has 144 valence electrons. The van der Waals surface area contributed by atoms with Crippen molar-refractivity contribution in [2.45, 2.75) is 45.2 Å². The Bertz CT molecular complexity index is 1120. The van der Waals surface area contributed by atoms with Gasteiger partial charge in [-0.25, -0.2) is 4.79 Å². The molecule has 0 radical (unpaired) electrons. The van der Waals surface area contributed by atoms with Gasteiger partial charge in [0, 0.05) is 35.5 Å². The van der Waals surface area contributed by atoms with E-state index in [1.165, 1.54) is 12.3 Å². The van der Waals surface area contributed by atoms with Crippen molar-refractivity contribution in [1.82, 2.24) is 14.3 Å². The van der Waals surface area contributed by atoms with Gasteiger partial charge >= 0.3 is 5.97 Å². The van der Waals surface area contributed by atoms with Crippen LogP contribution in [0, 0.1) is 5.92 Å². The molecule has 1 saturated carbocycles. The molecule has 3 aliphatic rings. The largest absolute Gasteiger partial charge is 0.477 e. The zero-order valence-electron chi connectivity index (χ0n) is 15.9. The minimum atomic E-state index is -1.19. The lowest BCUT2D eigenvalue weighted by atomic mass is 9.95. The molecule has 1 fully saturated rings. The molecule has 2 aliphatic heterocycles. The molecule has 28 heavy (non-hydrogen) atoms. The van der Waals surface area contributed by atoms with Crippen LogP contribution in [0.5, 0.6) is 0 Å². The molecule has 2 aromatic heterocycles. The van der Waals surface area contributed by atoms with Gasteiger partial charge in [-0.2, -0.15) is 5.10 Å². The lowest BCUT2D eigenvalue weighted by Gasteiger charge is -2.32. The van der Waals surface area contributed by atoms with Crippen molar-refractivity contribution >= 4 is 17.8 Å². The molecule has 0 spiro atoms. The maximum absolute atomic E-state index is 12.5. The molecule has 5 rings (SSSR count). The monoisotopic (exact) mass is 378 g/mol. The summed E-state index contributed by atoms with van der Waals surface area (Å²) in [4.78, 5) is 28.4. The van der Waals surface area contributed by atoms with Crippen LogP contribution in [0.25, 0.3) is 17.0 Å². The van der Waals surface area contributed by atoms with Gasteiger partial charge in [0.05, 0.1) is 36.2 Å². The fraction of sp³-hybridized carbons (Fsp3) is 0.429. The molecule has 1 atom stereocenters. The molecule has 0 bridgehead atoms. The van der Waals surface area contributed by atoms with Crippen molar-refractivity contribution in [3.8, 4) is 11.4 Å². The zero-order valence-corrected chi connectivity index (χ0v) is 15.9. The summed E-state index contributed by atoms with van der Waals surface area (Å²) in [5.74, 6) is -0.467. The van der Waals surface area contributed by atoms with Gasteiger partial charge in [-0.1, -0.05) is 19.9 Å². The highest BCUT2D eigenvalue weighted by atomic mass is 16.4. The topological polar surface area (TPSA) is 89.5 Å². The number of aromatic nitrogens is 3. The summed E-state index contributed by atoms with van der Waals surface area (Å²) in [5.41, 5.74) is 4.19. The van der Waals surface area contributed by atoms with Gasteiger partial charge in [0.15, 0.2) is 5.43 Å². The third-order valence-corrected chi connectivity index (χ3v) is 5.92. The molecule has 2 aromatic rings. The van der Waals surface area contributed by atoms with E-state index in [4.69, 9.17) is 5.10 Å². The van der Waals surface area contributed by atoms with Crippen LogP contribution in [0.4, 0.5) is 0 Å². The van der Waals surface area contributed by atoms with Crippen molar-refractivity contribution in [3.05, 3.63) is 45.4 Å². The number of hydrogen-bond acceptors (Lipinski definition) is 4. The average molecular weight is 378 g/mol. The molecule has 1 N–H and O–H groups in total. The van der Waals surface area contributed by atoms with Gasteiger partial charge in [-0.3, -0.25) is 14.5 Å². The molecule has 4 heterocycles. The summed E-state index contributed by atoms with van der Waals surface area (Å²) in [7, 11) is 0. The molecule has 0 amide bonds. The number of carboxylic acid groups (broad SMARTS) is 1. The number of rotatable bonds is 4. The molecule has 0 aromatic carbocycles. The van der Waals surface area contributed by atoms with Gasteiger partial charge < -0.3 is 9.67 Å². The zero-order chi connectivity index (χ0) is 19.6. The Morgan fingerprint density at radius 3 is 2.71 bits per heavy atom. The molecular weight excluding hydrogens is 356 g/mol. The molecular formula is C21H22N4O3. The summed E-state index contributed by atoms with van der Waals surface area (Å²) in [6.45, 7) is 5.53. The highest BCUT2D eigenvalue weighted by Crippen LogP contribution is 2.47. The maximum Gasteiger partial charge on any atom is 0.341 e. The molecule has 1 aliphatic carbocycles. The van der Waals surface area contributed by atoms with Crippen LogP contribution < -0.4 is 5.43 Å². The Balaban J connectivity index is 1.81. The maximum atomic E-state index is 12.5. The smallest absolute Gasteiger partial charge is 0.341 e. The molecule has 7 nitrogen and oxygen atoms in total. The van der Waals surface area contributed by atoms with Crippen LogP contribution in [0.3, 0.4) is 0 Å². The van der Waals surface area contributed by atoms with E-state index in [-0.39, 0.29) is 17.5 Å². The number of aliphatic imine (C=N–C) groups is 1. The van der Waals surface area contributed by atoms with Crippen molar-refractivity contribution in [1.29, 1.82) is 0 Å². The van der Waals surface area contributed by atoms with E-state index in [0.717, 1.165) is 41.1 Å². The summed E-state index contributed by atoms with van der Waals surface area (Å²) >= 11 is 0. The number of hydrogen-bond donors (Lipinski definition) is 1. The van der Waals surface area contributed by atoms with Crippen molar-refractivity contribution in [3.63, 3.8) is 0 Å². The minimum Gasteiger partial charge on any atom is -0.477 e. The predicted molar refractivity (Wildman–Crippen MR) is 106 cm³/mol. The van der Waals surface area contributed by atoms with E-state index in [9.17, 15) is 14.7 Å². The molecule has 0 saturated heterocycles. The lowest BCUT2D eigenvalue weighted by Crippen LogP contribution is -2.31. The van der Waals surface area contributed by atoms with Crippen LogP contribution in [0.15, 0.2) is 28.1 Å².